The summed E-state index contributed by atoms with van der Waals surface area (Å²) in [6.07, 6.45) is 0. The highest BCUT2D eigenvalue weighted by Gasteiger charge is 2.36. The van der Waals surface area contributed by atoms with Gasteiger partial charge in [0.2, 0.25) is 0 Å². The Bertz CT molecular complexity index is 2720. The molecule has 0 saturated carbocycles. The van der Waals surface area contributed by atoms with Gasteiger partial charge in [-0.3, -0.25) is 0 Å². The number of hydrogen-bond acceptors (Lipinski definition) is 5. The van der Waals surface area contributed by atoms with Crippen LogP contribution in [0.2, 0.25) is 0 Å². The molecule has 0 bridgehead atoms. The summed E-state index contributed by atoms with van der Waals surface area (Å²) in [7, 11) is 0. The Morgan fingerprint density at radius 2 is 0.962 bits per heavy atom. The first-order valence-corrected chi connectivity index (χ1v) is 18.8. The second kappa shape index (κ2) is 12.4. The maximum absolute atomic E-state index is 5.19. The quantitative estimate of drug-likeness (QED) is 0.179. The average Bonchev–Trinajstić information content (AvgIpc) is 3.60. The summed E-state index contributed by atoms with van der Waals surface area (Å²) in [5.41, 5.74) is 10.9. The van der Waals surface area contributed by atoms with Crippen molar-refractivity contribution in [2.24, 2.45) is 0 Å². The van der Waals surface area contributed by atoms with Gasteiger partial charge in [-0.15, -0.1) is 11.3 Å². The fourth-order valence-electron chi connectivity index (χ4n) is 7.88. The molecule has 0 saturated heterocycles. The highest BCUT2D eigenvalue weighted by Crippen LogP contribution is 2.53. The molecule has 1 aliphatic heterocycles. The third-order valence-corrected chi connectivity index (χ3v) is 11.7. The molecular formula is C48H34N4S. The smallest absolute Gasteiger partial charge is 0.164 e. The number of aromatic nitrogens is 3. The zero-order valence-electron chi connectivity index (χ0n) is 29.4. The highest BCUT2D eigenvalue weighted by atomic mass is 32.1. The number of hydrogen-bond donors (Lipinski definition) is 0. The van der Waals surface area contributed by atoms with Crippen molar-refractivity contribution in [3.05, 3.63) is 181 Å². The van der Waals surface area contributed by atoms with Gasteiger partial charge in [0.15, 0.2) is 17.5 Å². The summed E-state index contributed by atoms with van der Waals surface area (Å²) in [5, 5.41) is 2.55. The molecule has 252 valence electrons. The van der Waals surface area contributed by atoms with Crippen molar-refractivity contribution in [1.82, 2.24) is 15.0 Å². The summed E-state index contributed by atoms with van der Waals surface area (Å²) < 4.78 is 2.55. The Balaban J connectivity index is 1.27. The molecule has 0 N–H and O–H groups in total. The van der Waals surface area contributed by atoms with Gasteiger partial charge < -0.3 is 4.90 Å². The van der Waals surface area contributed by atoms with Gasteiger partial charge in [-0.2, -0.15) is 0 Å². The van der Waals surface area contributed by atoms with Crippen molar-refractivity contribution in [1.29, 1.82) is 0 Å². The van der Waals surface area contributed by atoms with Gasteiger partial charge in [0.1, 0.15) is 0 Å². The summed E-state index contributed by atoms with van der Waals surface area (Å²) in [4.78, 5) is 17.8. The Morgan fingerprint density at radius 1 is 0.453 bits per heavy atom. The minimum atomic E-state index is -0.170. The first-order valence-electron chi connectivity index (χ1n) is 18.0. The highest BCUT2D eigenvalue weighted by molar-refractivity contribution is 7.26. The van der Waals surface area contributed by atoms with Crippen molar-refractivity contribution < 1.29 is 0 Å². The lowest BCUT2D eigenvalue weighted by Gasteiger charge is -2.42. The molecule has 4 nitrogen and oxygen atoms in total. The molecule has 1 aliphatic rings. The normalized spacial score (nSPS) is 13.2. The minimum absolute atomic E-state index is 0.170. The summed E-state index contributed by atoms with van der Waals surface area (Å²) in [6.45, 7) is 4.65. The van der Waals surface area contributed by atoms with Crippen LogP contribution in [0.5, 0.6) is 0 Å². The molecule has 0 spiro atoms. The maximum Gasteiger partial charge on any atom is 0.164 e. The van der Waals surface area contributed by atoms with Crippen LogP contribution in [0.25, 0.3) is 65.5 Å². The van der Waals surface area contributed by atoms with Gasteiger partial charge in [-0.1, -0.05) is 147 Å². The SMILES string of the molecule is CC1(C)c2ccccc2N(c2cc(-c3nc(-c4ccccc4)nc(-c4ccccc4)n3)cc(-c3cccc4c3sc3ccccc34)c2)c2ccccc21. The van der Waals surface area contributed by atoms with E-state index in [0.717, 1.165) is 27.9 Å². The zero-order valence-corrected chi connectivity index (χ0v) is 30.2. The third-order valence-electron chi connectivity index (χ3n) is 10.5. The van der Waals surface area contributed by atoms with E-state index in [2.05, 4.69) is 152 Å². The largest absolute Gasteiger partial charge is 0.310 e. The van der Waals surface area contributed by atoms with E-state index in [-0.39, 0.29) is 5.41 Å². The number of fused-ring (bicyclic) bond motifs is 5. The van der Waals surface area contributed by atoms with E-state index in [9.17, 15) is 0 Å². The molecule has 5 heteroatoms. The van der Waals surface area contributed by atoms with Crippen LogP contribution in [0, 0.1) is 0 Å². The summed E-state index contributed by atoms with van der Waals surface area (Å²) >= 11 is 1.85. The second-order valence-electron chi connectivity index (χ2n) is 14.1. The number of thiophene rings is 1. The van der Waals surface area contributed by atoms with Crippen LogP contribution in [0.15, 0.2) is 170 Å². The summed E-state index contributed by atoms with van der Waals surface area (Å²) in [5.74, 6) is 1.91. The van der Waals surface area contributed by atoms with Crippen molar-refractivity contribution >= 4 is 48.6 Å². The zero-order chi connectivity index (χ0) is 35.5. The Labute approximate surface area is 312 Å². The van der Waals surface area contributed by atoms with Gasteiger partial charge in [0.05, 0.1) is 11.4 Å². The predicted octanol–water partition coefficient (Wildman–Crippen LogP) is 13.0. The second-order valence-corrected chi connectivity index (χ2v) is 15.1. The molecule has 0 fully saturated rings. The average molecular weight is 699 g/mol. The predicted molar refractivity (Wildman–Crippen MR) is 221 cm³/mol. The van der Waals surface area contributed by atoms with E-state index >= 15 is 0 Å². The standard InChI is InChI=1S/C48H34N4S/c1-48(2)39-23-10-12-25-41(39)52(42-26-13-11-24-40(42)48)35-29-33(36-21-15-22-38-37-20-9-14-27-43(37)53-44(36)38)28-34(30-35)47-50-45(31-16-5-3-6-17-31)49-46(51-47)32-18-7-4-8-19-32/h3-30H,1-2H3. The monoisotopic (exact) mass is 698 g/mol. The van der Waals surface area contributed by atoms with Gasteiger partial charge in [-0.25, -0.2) is 15.0 Å². The van der Waals surface area contributed by atoms with E-state index in [1.54, 1.807) is 0 Å². The first kappa shape index (κ1) is 31.3. The molecular weight excluding hydrogens is 665 g/mol. The molecule has 9 aromatic rings. The molecule has 0 amide bonds. The van der Waals surface area contributed by atoms with E-state index in [4.69, 9.17) is 15.0 Å². The number of rotatable bonds is 5. The molecule has 3 heterocycles. The van der Waals surface area contributed by atoms with Crippen LogP contribution < -0.4 is 4.90 Å². The van der Waals surface area contributed by atoms with E-state index in [1.165, 1.54) is 48.2 Å². The molecule has 7 aromatic carbocycles. The number of nitrogens with zero attached hydrogens (tertiary/aromatic N) is 4. The molecule has 2 aromatic heterocycles. The number of para-hydroxylation sites is 2. The Morgan fingerprint density at radius 3 is 1.60 bits per heavy atom. The first-order chi connectivity index (χ1) is 26.0. The molecule has 0 unspecified atom stereocenters. The van der Waals surface area contributed by atoms with Gasteiger partial charge in [0.25, 0.3) is 0 Å². The number of anilines is 3. The van der Waals surface area contributed by atoms with Crippen molar-refractivity contribution in [2.75, 3.05) is 4.90 Å². The minimum Gasteiger partial charge on any atom is -0.310 e. The van der Waals surface area contributed by atoms with Crippen LogP contribution >= 0.6 is 11.3 Å². The van der Waals surface area contributed by atoms with Crippen LogP contribution in [-0.2, 0) is 5.41 Å². The van der Waals surface area contributed by atoms with Gasteiger partial charge in [-0.05, 0) is 58.7 Å². The topological polar surface area (TPSA) is 41.9 Å². The van der Waals surface area contributed by atoms with E-state index in [1.807, 2.05) is 47.7 Å². The lowest BCUT2D eigenvalue weighted by atomic mass is 9.73. The maximum atomic E-state index is 5.19. The lowest BCUT2D eigenvalue weighted by molar-refractivity contribution is 0.632. The third kappa shape index (κ3) is 5.23. The molecule has 10 rings (SSSR count). The van der Waals surface area contributed by atoms with Crippen LogP contribution in [-0.4, -0.2) is 15.0 Å². The summed E-state index contributed by atoms with van der Waals surface area (Å²) in [6, 6.07) is 60.2. The van der Waals surface area contributed by atoms with Crippen LogP contribution in [0.1, 0.15) is 25.0 Å². The number of benzene rings is 7. The molecule has 0 atom stereocenters. The van der Waals surface area contributed by atoms with Crippen LogP contribution in [0.3, 0.4) is 0 Å². The van der Waals surface area contributed by atoms with Crippen LogP contribution in [0.4, 0.5) is 17.1 Å². The molecule has 0 radical (unpaired) electrons. The molecule has 0 aliphatic carbocycles. The van der Waals surface area contributed by atoms with Crippen molar-refractivity contribution in [3.63, 3.8) is 0 Å². The fourth-order valence-corrected chi connectivity index (χ4v) is 9.12. The van der Waals surface area contributed by atoms with Gasteiger partial charge >= 0.3 is 0 Å². The van der Waals surface area contributed by atoms with Crippen molar-refractivity contribution in [3.8, 4) is 45.3 Å². The Hall–Kier alpha value is -6.43. The fraction of sp³-hybridized carbons (Fsp3) is 0.0625. The Kier molecular flexibility index (Phi) is 7.31. The van der Waals surface area contributed by atoms with Crippen molar-refractivity contribution in [2.45, 2.75) is 19.3 Å². The van der Waals surface area contributed by atoms with E-state index < -0.39 is 0 Å². The van der Waals surface area contributed by atoms with Gasteiger partial charge in [0, 0.05) is 48.0 Å². The molecule has 53 heavy (non-hydrogen) atoms. The lowest BCUT2D eigenvalue weighted by Crippen LogP contribution is -2.30. The van der Waals surface area contributed by atoms with E-state index in [0.29, 0.717) is 17.5 Å².